The van der Waals surface area contributed by atoms with E-state index in [1.807, 2.05) is 11.8 Å². The summed E-state index contributed by atoms with van der Waals surface area (Å²) in [4.78, 5) is 20.2. The summed E-state index contributed by atoms with van der Waals surface area (Å²) in [6, 6.07) is 0.646. The van der Waals surface area contributed by atoms with E-state index in [9.17, 15) is 4.79 Å². The molecular formula is C17H24ClN3O2S. The van der Waals surface area contributed by atoms with Crippen molar-refractivity contribution in [2.24, 2.45) is 0 Å². The minimum atomic E-state index is 0.118. The van der Waals surface area contributed by atoms with Crippen LogP contribution in [0.5, 0.6) is 6.01 Å². The molecule has 0 aliphatic heterocycles. The number of carbonyl (C=O) groups excluding carboxylic acids is 1. The Bertz CT molecular complexity index is 529. The number of nitrogens with zero attached hydrogens (tertiary/aromatic N) is 2. The van der Waals surface area contributed by atoms with E-state index in [0.29, 0.717) is 22.0 Å². The van der Waals surface area contributed by atoms with Crippen LogP contribution in [0.2, 0.25) is 5.02 Å². The molecule has 1 aromatic rings. The summed E-state index contributed by atoms with van der Waals surface area (Å²) in [6.07, 6.45) is 12.1. The first-order valence-electron chi connectivity index (χ1n) is 8.74. The number of halogens is 1. The standard InChI is InChI=1S/C17H24ClN3O2S/c18-12-9-19-17(20-10-12)23-14-7-5-13(6-8-14)21-16(22)11-24-15-3-1-2-4-15/h9-10,13-15H,1-8,11H2,(H,21,22). The molecule has 1 heterocycles. The second kappa shape index (κ2) is 8.90. The maximum atomic E-state index is 12.1. The summed E-state index contributed by atoms with van der Waals surface area (Å²) in [7, 11) is 0. The van der Waals surface area contributed by atoms with Gasteiger partial charge in [-0.15, -0.1) is 11.8 Å². The van der Waals surface area contributed by atoms with Crippen LogP contribution in [0.1, 0.15) is 51.4 Å². The molecule has 3 rings (SSSR count). The third kappa shape index (κ3) is 5.52. The van der Waals surface area contributed by atoms with Gasteiger partial charge in [-0.3, -0.25) is 4.79 Å². The predicted molar refractivity (Wildman–Crippen MR) is 96.6 cm³/mol. The minimum Gasteiger partial charge on any atom is -0.460 e. The molecule has 2 saturated carbocycles. The van der Waals surface area contributed by atoms with Crippen molar-refractivity contribution in [3.8, 4) is 6.01 Å². The lowest BCUT2D eigenvalue weighted by Gasteiger charge is -2.28. The highest BCUT2D eigenvalue weighted by Crippen LogP contribution is 2.29. The third-order valence-corrected chi connectivity index (χ3v) is 6.23. The zero-order valence-corrected chi connectivity index (χ0v) is 15.3. The molecule has 1 aromatic heterocycles. The van der Waals surface area contributed by atoms with E-state index < -0.39 is 0 Å². The van der Waals surface area contributed by atoms with Crippen molar-refractivity contribution in [3.05, 3.63) is 17.4 Å². The Kier molecular flexibility index (Phi) is 6.60. The summed E-state index contributed by atoms with van der Waals surface area (Å²) in [5, 5.41) is 4.37. The van der Waals surface area contributed by atoms with Gasteiger partial charge in [-0.25, -0.2) is 9.97 Å². The molecule has 5 nitrogen and oxygen atoms in total. The highest BCUT2D eigenvalue weighted by Gasteiger charge is 2.24. The predicted octanol–water partition coefficient (Wildman–Crippen LogP) is 3.61. The van der Waals surface area contributed by atoms with Crippen LogP contribution < -0.4 is 10.1 Å². The average Bonchev–Trinajstić information content (AvgIpc) is 3.10. The largest absolute Gasteiger partial charge is 0.460 e. The molecule has 0 unspecified atom stereocenters. The SMILES string of the molecule is O=C(CSC1CCCC1)NC1CCC(Oc2ncc(Cl)cn2)CC1. The fraction of sp³-hybridized carbons (Fsp3) is 0.706. The summed E-state index contributed by atoms with van der Waals surface area (Å²) in [5.74, 6) is 0.775. The first-order chi connectivity index (χ1) is 11.7. The molecule has 1 amide bonds. The number of rotatable bonds is 6. The van der Waals surface area contributed by atoms with Crippen LogP contribution in [0.15, 0.2) is 12.4 Å². The van der Waals surface area contributed by atoms with Gasteiger partial charge in [0, 0.05) is 11.3 Å². The lowest BCUT2D eigenvalue weighted by Crippen LogP contribution is -2.40. The lowest BCUT2D eigenvalue weighted by molar-refractivity contribution is -0.119. The quantitative estimate of drug-likeness (QED) is 0.829. The van der Waals surface area contributed by atoms with Crippen LogP contribution in [0.25, 0.3) is 0 Å². The van der Waals surface area contributed by atoms with Crippen molar-refractivity contribution in [2.75, 3.05) is 5.75 Å². The molecule has 132 valence electrons. The highest BCUT2D eigenvalue weighted by atomic mass is 35.5. The molecule has 0 saturated heterocycles. The number of nitrogens with one attached hydrogen (secondary N) is 1. The van der Waals surface area contributed by atoms with E-state index in [2.05, 4.69) is 15.3 Å². The zero-order valence-electron chi connectivity index (χ0n) is 13.7. The molecule has 0 bridgehead atoms. The highest BCUT2D eigenvalue weighted by molar-refractivity contribution is 8.00. The van der Waals surface area contributed by atoms with Gasteiger partial charge in [-0.2, -0.15) is 0 Å². The van der Waals surface area contributed by atoms with Crippen molar-refractivity contribution in [1.29, 1.82) is 0 Å². The van der Waals surface area contributed by atoms with E-state index in [-0.39, 0.29) is 18.1 Å². The number of amides is 1. The summed E-state index contributed by atoms with van der Waals surface area (Å²) in [5.41, 5.74) is 0. The van der Waals surface area contributed by atoms with Crippen LogP contribution in [-0.2, 0) is 4.79 Å². The maximum absolute atomic E-state index is 12.1. The van der Waals surface area contributed by atoms with Crippen molar-refractivity contribution in [1.82, 2.24) is 15.3 Å². The number of hydrogen-bond donors (Lipinski definition) is 1. The number of thioether (sulfide) groups is 1. The Morgan fingerprint density at radius 3 is 2.50 bits per heavy atom. The maximum Gasteiger partial charge on any atom is 0.316 e. The fourth-order valence-electron chi connectivity index (χ4n) is 3.35. The van der Waals surface area contributed by atoms with Crippen LogP contribution in [0.4, 0.5) is 0 Å². The van der Waals surface area contributed by atoms with E-state index >= 15 is 0 Å². The Morgan fingerprint density at radius 2 is 1.83 bits per heavy atom. The van der Waals surface area contributed by atoms with Gasteiger partial charge in [0.2, 0.25) is 5.91 Å². The van der Waals surface area contributed by atoms with Gasteiger partial charge < -0.3 is 10.1 Å². The van der Waals surface area contributed by atoms with Crippen molar-refractivity contribution < 1.29 is 9.53 Å². The Labute approximate surface area is 152 Å². The molecule has 2 aliphatic carbocycles. The smallest absolute Gasteiger partial charge is 0.316 e. The van der Waals surface area contributed by atoms with Gasteiger partial charge in [0.1, 0.15) is 6.10 Å². The van der Waals surface area contributed by atoms with Gasteiger partial charge in [-0.05, 0) is 38.5 Å². The summed E-state index contributed by atoms with van der Waals surface area (Å²) >= 11 is 7.59. The Balaban J connectivity index is 1.34. The first-order valence-corrected chi connectivity index (χ1v) is 10.2. The molecule has 0 radical (unpaired) electrons. The second-order valence-electron chi connectivity index (χ2n) is 6.56. The summed E-state index contributed by atoms with van der Waals surface area (Å²) in [6.45, 7) is 0. The number of hydrogen-bond acceptors (Lipinski definition) is 5. The topological polar surface area (TPSA) is 64.1 Å². The normalized spacial score (nSPS) is 24.7. The monoisotopic (exact) mass is 369 g/mol. The number of aromatic nitrogens is 2. The number of carbonyl (C=O) groups is 1. The second-order valence-corrected chi connectivity index (χ2v) is 8.29. The molecule has 0 aromatic carbocycles. The van der Waals surface area contributed by atoms with Gasteiger partial charge in [0.25, 0.3) is 0 Å². The van der Waals surface area contributed by atoms with Gasteiger partial charge in [0.05, 0.1) is 23.2 Å². The molecule has 7 heteroatoms. The van der Waals surface area contributed by atoms with Gasteiger partial charge >= 0.3 is 6.01 Å². The third-order valence-electron chi connectivity index (χ3n) is 4.66. The van der Waals surface area contributed by atoms with E-state index in [1.54, 1.807) is 0 Å². The fourth-order valence-corrected chi connectivity index (χ4v) is 4.59. The van der Waals surface area contributed by atoms with Crippen LogP contribution in [0, 0.1) is 0 Å². The Morgan fingerprint density at radius 1 is 1.17 bits per heavy atom. The molecule has 24 heavy (non-hydrogen) atoms. The molecule has 0 spiro atoms. The van der Waals surface area contributed by atoms with Gasteiger partial charge in [-0.1, -0.05) is 24.4 Å². The summed E-state index contributed by atoms with van der Waals surface area (Å²) < 4.78 is 5.78. The molecule has 2 fully saturated rings. The van der Waals surface area contributed by atoms with Crippen molar-refractivity contribution in [3.63, 3.8) is 0 Å². The van der Waals surface area contributed by atoms with Crippen LogP contribution in [-0.4, -0.2) is 39.0 Å². The van der Waals surface area contributed by atoms with Gasteiger partial charge in [0.15, 0.2) is 0 Å². The Hall–Kier alpha value is -1.01. The zero-order chi connectivity index (χ0) is 16.8. The average molecular weight is 370 g/mol. The van der Waals surface area contributed by atoms with Crippen molar-refractivity contribution >= 4 is 29.3 Å². The lowest BCUT2D eigenvalue weighted by atomic mass is 9.93. The van der Waals surface area contributed by atoms with E-state index in [1.165, 1.54) is 38.1 Å². The first kappa shape index (κ1) is 17.8. The van der Waals surface area contributed by atoms with Crippen molar-refractivity contribution in [2.45, 2.75) is 68.8 Å². The van der Waals surface area contributed by atoms with E-state index in [4.69, 9.17) is 16.3 Å². The molecule has 0 atom stereocenters. The minimum absolute atomic E-state index is 0.118. The molecule has 1 N–H and O–H groups in total. The van der Waals surface area contributed by atoms with Crippen LogP contribution >= 0.6 is 23.4 Å². The molecular weight excluding hydrogens is 346 g/mol. The van der Waals surface area contributed by atoms with Crippen LogP contribution in [0.3, 0.4) is 0 Å². The van der Waals surface area contributed by atoms with E-state index in [0.717, 1.165) is 25.7 Å². The number of ether oxygens (including phenoxy) is 1. The molecule has 2 aliphatic rings.